The first-order valence-electron chi connectivity index (χ1n) is 9.58. The Morgan fingerprint density at radius 3 is 2.86 bits per heavy atom. The molecule has 0 saturated heterocycles. The number of hydrogen-bond acceptors (Lipinski definition) is 4. The van der Waals surface area contributed by atoms with Crippen molar-refractivity contribution in [2.24, 2.45) is 0 Å². The maximum Gasteiger partial charge on any atom is 0.158 e. The second-order valence-electron chi connectivity index (χ2n) is 7.12. The Morgan fingerprint density at radius 2 is 2.00 bits per heavy atom. The summed E-state index contributed by atoms with van der Waals surface area (Å²) in [7, 11) is 0. The van der Waals surface area contributed by atoms with E-state index in [0.717, 1.165) is 59.7 Å². The Morgan fingerprint density at radius 1 is 1.07 bits per heavy atom. The minimum Gasteiger partial charge on any atom is -0.366 e. The molecule has 0 spiro atoms. The zero-order chi connectivity index (χ0) is 18.9. The molecule has 3 aromatic heterocycles. The van der Waals surface area contributed by atoms with E-state index in [0.29, 0.717) is 6.54 Å². The summed E-state index contributed by atoms with van der Waals surface area (Å²) in [6, 6.07) is 12.4. The van der Waals surface area contributed by atoms with Gasteiger partial charge in [0.25, 0.3) is 0 Å². The van der Waals surface area contributed by atoms with Crippen LogP contribution in [-0.4, -0.2) is 19.6 Å². The van der Waals surface area contributed by atoms with E-state index in [1.807, 2.05) is 35.0 Å². The molecule has 0 saturated carbocycles. The van der Waals surface area contributed by atoms with Crippen molar-refractivity contribution in [3.8, 4) is 11.3 Å². The first-order valence-corrected chi connectivity index (χ1v) is 9.58. The molecule has 6 heteroatoms. The summed E-state index contributed by atoms with van der Waals surface area (Å²) in [6.07, 6.45) is 7.91. The number of fused-ring (bicyclic) bond motifs is 2. The molecule has 0 amide bonds. The molecule has 0 fully saturated rings. The van der Waals surface area contributed by atoms with Gasteiger partial charge in [0.2, 0.25) is 0 Å². The zero-order valence-corrected chi connectivity index (χ0v) is 15.4. The molecule has 0 unspecified atom stereocenters. The highest BCUT2D eigenvalue weighted by Crippen LogP contribution is 2.30. The fraction of sp³-hybridized carbons (Fsp3) is 0.227. The van der Waals surface area contributed by atoms with E-state index in [1.165, 1.54) is 17.7 Å². The molecule has 1 aliphatic carbocycles. The van der Waals surface area contributed by atoms with Crippen molar-refractivity contribution < 1.29 is 4.39 Å². The molecule has 0 radical (unpaired) electrons. The number of halogens is 1. The Labute approximate surface area is 162 Å². The van der Waals surface area contributed by atoms with Crippen LogP contribution in [0.25, 0.3) is 16.9 Å². The average Bonchev–Trinajstić information content (AvgIpc) is 3.16. The van der Waals surface area contributed by atoms with E-state index in [9.17, 15) is 4.39 Å². The second kappa shape index (κ2) is 7.03. The number of aryl methyl sites for hydroxylation is 1. The van der Waals surface area contributed by atoms with Crippen LogP contribution >= 0.6 is 0 Å². The molecule has 0 bridgehead atoms. The van der Waals surface area contributed by atoms with Crippen LogP contribution in [0.4, 0.5) is 10.2 Å². The van der Waals surface area contributed by atoms with Gasteiger partial charge in [0.05, 0.1) is 5.69 Å². The first-order chi connectivity index (χ1) is 13.8. The fourth-order valence-electron chi connectivity index (χ4n) is 3.81. The molecule has 1 aromatic carbocycles. The molecule has 140 valence electrons. The van der Waals surface area contributed by atoms with Gasteiger partial charge in [0, 0.05) is 41.8 Å². The van der Waals surface area contributed by atoms with Crippen LogP contribution in [-0.2, 0) is 19.4 Å². The number of pyridine rings is 1. The summed E-state index contributed by atoms with van der Waals surface area (Å²) in [4.78, 5) is 9.04. The minimum atomic E-state index is -0.267. The van der Waals surface area contributed by atoms with E-state index in [4.69, 9.17) is 10.1 Å². The van der Waals surface area contributed by atoms with Crippen LogP contribution in [0, 0.1) is 5.82 Å². The lowest BCUT2D eigenvalue weighted by Crippen LogP contribution is -2.15. The Bertz CT molecular complexity index is 1140. The minimum absolute atomic E-state index is 0.267. The van der Waals surface area contributed by atoms with Crippen molar-refractivity contribution in [2.75, 3.05) is 5.32 Å². The quantitative estimate of drug-likeness (QED) is 0.575. The molecule has 5 rings (SSSR count). The molecule has 1 N–H and O–H groups in total. The largest absolute Gasteiger partial charge is 0.366 e. The summed E-state index contributed by atoms with van der Waals surface area (Å²) >= 11 is 0. The van der Waals surface area contributed by atoms with Crippen molar-refractivity contribution in [3.63, 3.8) is 0 Å². The lowest BCUT2D eigenvalue weighted by molar-refractivity contribution is 0.628. The van der Waals surface area contributed by atoms with Gasteiger partial charge in [-0.05, 0) is 49.4 Å². The molecule has 0 aliphatic heterocycles. The summed E-state index contributed by atoms with van der Waals surface area (Å²) in [5.41, 5.74) is 5.73. The van der Waals surface area contributed by atoms with Gasteiger partial charge in [-0.2, -0.15) is 9.61 Å². The van der Waals surface area contributed by atoms with Gasteiger partial charge in [0.15, 0.2) is 5.65 Å². The van der Waals surface area contributed by atoms with Crippen molar-refractivity contribution >= 4 is 11.5 Å². The topological polar surface area (TPSA) is 55.1 Å². The predicted molar refractivity (Wildman–Crippen MR) is 107 cm³/mol. The van der Waals surface area contributed by atoms with Gasteiger partial charge in [-0.25, -0.2) is 9.37 Å². The van der Waals surface area contributed by atoms with Crippen molar-refractivity contribution in [2.45, 2.75) is 32.2 Å². The molecule has 1 aliphatic rings. The number of anilines is 1. The molecule has 4 aromatic rings. The summed E-state index contributed by atoms with van der Waals surface area (Å²) < 4.78 is 15.5. The van der Waals surface area contributed by atoms with Crippen LogP contribution < -0.4 is 5.32 Å². The van der Waals surface area contributed by atoms with Gasteiger partial charge >= 0.3 is 0 Å². The lowest BCUT2D eigenvalue weighted by atomic mass is 9.96. The van der Waals surface area contributed by atoms with Gasteiger partial charge < -0.3 is 5.32 Å². The maximum absolute atomic E-state index is 13.7. The molecule has 3 heterocycles. The number of benzene rings is 1. The van der Waals surface area contributed by atoms with Gasteiger partial charge in [-0.3, -0.25) is 4.98 Å². The molecule has 5 nitrogen and oxygen atoms in total. The molecular formula is C22H20FN5. The van der Waals surface area contributed by atoms with Crippen LogP contribution in [0.15, 0.2) is 54.9 Å². The number of aromatic nitrogens is 4. The number of rotatable bonds is 4. The molecule has 28 heavy (non-hydrogen) atoms. The monoisotopic (exact) mass is 373 g/mol. The highest BCUT2D eigenvalue weighted by atomic mass is 19.1. The predicted octanol–water partition coefficient (Wildman–Crippen LogP) is 4.42. The van der Waals surface area contributed by atoms with Crippen molar-refractivity contribution in [1.29, 1.82) is 0 Å². The van der Waals surface area contributed by atoms with Crippen LogP contribution in [0.3, 0.4) is 0 Å². The smallest absolute Gasteiger partial charge is 0.158 e. The fourth-order valence-corrected chi connectivity index (χ4v) is 3.81. The van der Waals surface area contributed by atoms with Crippen molar-refractivity contribution in [1.82, 2.24) is 19.6 Å². The third-order valence-electron chi connectivity index (χ3n) is 5.18. The van der Waals surface area contributed by atoms with E-state index in [1.54, 1.807) is 12.3 Å². The summed E-state index contributed by atoms with van der Waals surface area (Å²) in [6.45, 7) is 0.661. The normalized spacial score (nSPS) is 13.5. The SMILES string of the molecule is Fc1cccc(-c2cc3nc4c(c(NCc5cccnc5)n3n2)CCCC4)c1. The number of hydrogen-bond donors (Lipinski definition) is 1. The van der Waals surface area contributed by atoms with Crippen molar-refractivity contribution in [3.05, 3.63) is 77.5 Å². The zero-order valence-electron chi connectivity index (χ0n) is 15.4. The number of nitrogens with one attached hydrogen (secondary N) is 1. The van der Waals surface area contributed by atoms with E-state index in [2.05, 4.69) is 10.3 Å². The summed E-state index contributed by atoms with van der Waals surface area (Å²) in [5.74, 6) is 0.711. The summed E-state index contributed by atoms with van der Waals surface area (Å²) in [5, 5.41) is 8.31. The third-order valence-corrected chi connectivity index (χ3v) is 5.18. The highest BCUT2D eigenvalue weighted by molar-refractivity contribution is 5.67. The van der Waals surface area contributed by atoms with Gasteiger partial charge in [0.1, 0.15) is 11.6 Å². The standard InChI is InChI=1S/C22H20FN5/c23-17-7-3-6-16(11-17)20-12-21-26-19-9-2-1-8-18(19)22(28(21)27-20)25-14-15-5-4-10-24-13-15/h3-7,10-13,25H,1-2,8-9,14H2. The highest BCUT2D eigenvalue weighted by Gasteiger charge is 2.20. The van der Waals surface area contributed by atoms with Gasteiger partial charge in [-0.15, -0.1) is 0 Å². The molecule has 0 atom stereocenters. The Hall–Kier alpha value is -3.28. The van der Waals surface area contributed by atoms with E-state index < -0.39 is 0 Å². The maximum atomic E-state index is 13.7. The lowest BCUT2D eigenvalue weighted by Gasteiger charge is -2.20. The van der Waals surface area contributed by atoms with Crippen LogP contribution in [0.2, 0.25) is 0 Å². The van der Waals surface area contributed by atoms with Gasteiger partial charge in [-0.1, -0.05) is 18.2 Å². The van der Waals surface area contributed by atoms with E-state index >= 15 is 0 Å². The Kier molecular flexibility index (Phi) is 4.24. The van der Waals surface area contributed by atoms with Crippen LogP contribution in [0.1, 0.15) is 29.7 Å². The third kappa shape index (κ3) is 3.11. The second-order valence-corrected chi connectivity index (χ2v) is 7.12. The van der Waals surface area contributed by atoms with Crippen LogP contribution in [0.5, 0.6) is 0 Å². The Balaban J connectivity index is 1.61. The average molecular weight is 373 g/mol. The molecular weight excluding hydrogens is 353 g/mol. The number of nitrogens with zero attached hydrogens (tertiary/aromatic N) is 4. The first kappa shape index (κ1) is 16.9. The van der Waals surface area contributed by atoms with E-state index in [-0.39, 0.29) is 5.82 Å².